The fourth-order valence-corrected chi connectivity index (χ4v) is 1.56. The molecule has 0 aliphatic carbocycles. The lowest BCUT2D eigenvalue weighted by atomic mass is 10.0. The lowest BCUT2D eigenvalue weighted by Crippen LogP contribution is -2.12. The van der Waals surface area contributed by atoms with Crippen LogP contribution in [0.3, 0.4) is 0 Å². The molecule has 5 heteroatoms. The summed E-state index contributed by atoms with van der Waals surface area (Å²) in [5.41, 5.74) is 7.38. The zero-order valence-corrected chi connectivity index (χ0v) is 8.77. The second-order valence-corrected chi connectivity index (χ2v) is 3.40. The monoisotopic (exact) mass is 221 g/mol. The first-order valence-electron chi connectivity index (χ1n) is 4.80. The summed E-state index contributed by atoms with van der Waals surface area (Å²) >= 11 is 0. The molecule has 1 atom stereocenters. The first-order chi connectivity index (χ1) is 7.72. The number of halogens is 1. The highest BCUT2D eigenvalue weighted by molar-refractivity contribution is 5.40. The maximum absolute atomic E-state index is 13.2. The molecule has 0 amide bonds. The summed E-state index contributed by atoms with van der Waals surface area (Å²) in [5, 5.41) is 6.48. The summed E-state index contributed by atoms with van der Waals surface area (Å²) in [5.74, 6) is 0.227. The molecule has 0 saturated carbocycles. The molecule has 1 aromatic carbocycles. The van der Waals surface area contributed by atoms with Gasteiger partial charge in [-0.15, -0.1) is 0 Å². The van der Waals surface area contributed by atoms with Gasteiger partial charge < -0.3 is 10.5 Å². The number of ether oxygens (including phenoxy) is 1. The molecule has 0 aliphatic rings. The van der Waals surface area contributed by atoms with Crippen LogP contribution in [0.5, 0.6) is 5.75 Å². The third-order valence-electron chi connectivity index (χ3n) is 2.41. The van der Waals surface area contributed by atoms with Crippen LogP contribution in [0.15, 0.2) is 30.6 Å². The van der Waals surface area contributed by atoms with E-state index in [2.05, 4.69) is 10.2 Å². The molecule has 1 unspecified atom stereocenters. The van der Waals surface area contributed by atoms with Crippen molar-refractivity contribution in [1.29, 1.82) is 0 Å². The van der Waals surface area contributed by atoms with Gasteiger partial charge in [0, 0.05) is 17.3 Å². The number of nitrogens with zero attached hydrogens (tertiary/aromatic N) is 1. The molecule has 0 bridgehead atoms. The van der Waals surface area contributed by atoms with Crippen molar-refractivity contribution in [2.45, 2.75) is 6.04 Å². The zero-order chi connectivity index (χ0) is 11.5. The molecule has 2 aromatic rings. The Balaban J connectivity index is 2.42. The molecule has 0 radical (unpaired) electrons. The Morgan fingerprint density at radius 1 is 1.50 bits per heavy atom. The smallest absolute Gasteiger partial charge is 0.124 e. The first kappa shape index (κ1) is 10.6. The molecule has 0 spiro atoms. The molecule has 1 heterocycles. The molecule has 3 N–H and O–H groups in total. The SMILES string of the molecule is COc1ccc(F)cc1C(N)c1cn[nH]c1. The molecule has 0 saturated heterocycles. The molecule has 84 valence electrons. The minimum Gasteiger partial charge on any atom is -0.496 e. The van der Waals surface area contributed by atoms with Crippen molar-refractivity contribution >= 4 is 0 Å². The van der Waals surface area contributed by atoms with E-state index in [9.17, 15) is 4.39 Å². The van der Waals surface area contributed by atoms with Crippen molar-refractivity contribution < 1.29 is 9.13 Å². The minimum absolute atomic E-state index is 0.338. The number of benzene rings is 1. The van der Waals surface area contributed by atoms with Crippen LogP contribution in [0, 0.1) is 5.82 Å². The van der Waals surface area contributed by atoms with Crippen LogP contribution in [0.1, 0.15) is 17.2 Å². The number of H-pyrrole nitrogens is 1. The molecule has 4 nitrogen and oxygen atoms in total. The van der Waals surface area contributed by atoms with E-state index in [1.54, 1.807) is 18.5 Å². The number of rotatable bonds is 3. The highest BCUT2D eigenvalue weighted by Crippen LogP contribution is 2.28. The number of aromatic nitrogens is 2. The molecule has 16 heavy (non-hydrogen) atoms. The molecule has 0 aliphatic heterocycles. The van der Waals surface area contributed by atoms with Gasteiger partial charge in [-0.3, -0.25) is 5.10 Å². The summed E-state index contributed by atoms with van der Waals surface area (Å²) < 4.78 is 18.3. The van der Waals surface area contributed by atoms with Gasteiger partial charge in [-0.05, 0) is 18.2 Å². The van der Waals surface area contributed by atoms with Crippen LogP contribution in [-0.4, -0.2) is 17.3 Å². The van der Waals surface area contributed by atoms with Gasteiger partial charge in [0.25, 0.3) is 0 Å². The second kappa shape index (κ2) is 4.32. The summed E-state index contributed by atoms with van der Waals surface area (Å²) in [4.78, 5) is 0. The quantitative estimate of drug-likeness (QED) is 0.827. The van der Waals surface area contributed by atoms with Gasteiger partial charge in [0.2, 0.25) is 0 Å². The molecular weight excluding hydrogens is 209 g/mol. The Morgan fingerprint density at radius 2 is 2.31 bits per heavy atom. The van der Waals surface area contributed by atoms with Crippen molar-refractivity contribution in [3.8, 4) is 5.75 Å². The van der Waals surface area contributed by atoms with Gasteiger partial charge in [-0.1, -0.05) is 0 Å². The molecule has 2 rings (SSSR count). The summed E-state index contributed by atoms with van der Waals surface area (Å²) in [6.45, 7) is 0. The van der Waals surface area contributed by atoms with E-state index in [4.69, 9.17) is 10.5 Å². The topological polar surface area (TPSA) is 63.9 Å². The average molecular weight is 221 g/mol. The molecular formula is C11H12FN3O. The van der Waals surface area contributed by atoms with Crippen LogP contribution in [0.25, 0.3) is 0 Å². The van der Waals surface area contributed by atoms with Gasteiger partial charge in [0.15, 0.2) is 0 Å². The number of hydrogen-bond donors (Lipinski definition) is 2. The van der Waals surface area contributed by atoms with Gasteiger partial charge in [0.05, 0.1) is 19.3 Å². The summed E-state index contributed by atoms with van der Waals surface area (Å²) in [7, 11) is 1.53. The Hall–Kier alpha value is -1.88. The number of hydrogen-bond acceptors (Lipinski definition) is 3. The van der Waals surface area contributed by atoms with E-state index < -0.39 is 6.04 Å². The molecule has 0 fully saturated rings. The number of nitrogens with two attached hydrogens (primary N) is 1. The van der Waals surface area contributed by atoms with Crippen LogP contribution in [0.2, 0.25) is 0 Å². The third kappa shape index (κ3) is 1.90. The number of methoxy groups -OCH3 is 1. The molecule has 1 aromatic heterocycles. The van der Waals surface area contributed by atoms with Gasteiger partial charge >= 0.3 is 0 Å². The van der Waals surface area contributed by atoms with Crippen molar-refractivity contribution in [3.05, 3.63) is 47.5 Å². The van der Waals surface area contributed by atoms with E-state index in [1.165, 1.54) is 19.2 Å². The summed E-state index contributed by atoms with van der Waals surface area (Å²) in [6.07, 6.45) is 3.28. The lowest BCUT2D eigenvalue weighted by Gasteiger charge is -2.14. The highest BCUT2D eigenvalue weighted by atomic mass is 19.1. The highest BCUT2D eigenvalue weighted by Gasteiger charge is 2.15. The normalized spacial score (nSPS) is 12.4. The van der Waals surface area contributed by atoms with Crippen molar-refractivity contribution in [3.63, 3.8) is 0 Å². The number of aromatic amines is 1. The Labute approximate surface area is 92.2 Å². The zero-order valence-electron chi connectivity index (χ0n) is 8.77. The predicted octanol–water partition coefficient (Wildman–Crippen LogP) is 1.61. The Morgan fingerprint density at radius 3 is 2.94 bits per heavy atom. The third-order valence-corrected chi connectivity index (χ3v) is 2.41. The van der Waals surface area contributed by atoms with Gasteiger partial charge in [-0.2, -0.15) is 5.10 Å². The lowest BCUT2D eigenvalue weighted by molar-refractivity contribution is 0.406. The minimum atomic E-state index is -0.454. The van der Waals surface area contributed by atoms with E-state index in [0.717, 1.165) is 5.56 Å². The van der Waals surface area contributed by atoms with E-state index in [-0.39, 0.29) is 5.82 Å². The largest absolute Gasteiger partial charge is 0.496 e. The van der Waals surface area contributed by atoms with E-state index in [0.29, 0.717) is 11.3 Å². The van der Waals surface area contributed by atoms with Crippen molar-refractivity contribution in [2.24, 2.45) is 5.73 Å². The van der Waals surface area contributed by atoms with Crippen LogP contribution in [0.4, 0.5) is 4.39 Å². The van der Waals surface area contributed by atoms with Crippen LogP contribution in [-0.2, 0) is 0 Å². The predicted molar refractivity (Wildman–Crippen MR) is 57.6 cm³/mol. The van der Waals surface area contributed by atoms with Crippen molar-refractivity contribution in [2.75, 3.05) is 7.11 Å². The summed E-state index contributed by atoms with van der Waals surface area (Å²) in [6, 6.07) is 3.82. The standard InChI is InChI=1S/C11H12FN3O/c1-16-10-3-2-8(12)4-9(10)11(13)7-5-14-15-6-7/h2-6,11H,13H2,1H3,(H,14,15). The second-order valence-electron chi connectivity index (χ2n) is 3.40. The maximum Gasteiger partial charge on any atom is 0.124 e. The average Bonchev–Trinajstić information content (AvgIpc) is 2.81. The van der Waals surface area contributed by atoms with Gasteiger partial charge in [0.1, 0.15) is 11.6 Å². The fourth-order valence-electron chi connectivity index (χ4n) is 1.56. The Bertz CT molecular complexity index is 470. The van der Waals surface area contributed by atoms with Crippen molar-refractivity contribution in [1.82, 2.24) is 10.2 Å². The first-order valence-corrected chi connectivity index (χ1v) is 4.80. The van der Waals surface area contributed by atoms with Crippen LogP contribution < -0.4 is 10.5 Å². The fraction of sp³-hybridized carbons (Fsp3) is 0.182. The van der Waals surface area contributed by atoms with E-state index in [1.807, 2.05) is 0 Å². The number of nitrogens with one attached hydrogen (secondary N) is 1. The maximum atomic E-state index is 13.2. The van der Waals surface area contributed by atoms with Gasteiger partial charge in [-0.25, -0.2) is 4.39 Å². The Kier molecular flexibility index (Phi) is 2.87. The van der Waals surface area contributed by atoms with Crippen LogP contribution >= 0.6 is 0 Å². The van der Waals surface area contributed by atoms with E-state index >= 15 is 0 Å².